The van der Waals surface area contributed by atoms with Gasteiger partial charge >= 0.3 is 41.0 Å². The Morgan fingerprint density at radius 2 is 2.04 bits per heavy atom. The SMILES string of the molecule is CC(=O)OCC1=C(C(=O)[O-])N2C(=O)[C@@H](NC(=O)CSC(F)(F)F)[C@H]2SC1.[Na+]. The number of hydrogen-bond acceptors (Lipinski definition) is 8. The number of alkyl halides is 3. The van der Waals surface area contributed by atoms with E-state index in [1.165, 1.54) is 0 Å². The summed E-state index contributed by atoms with van der Waals surface area (Å²) in [5.74, 6) is -4.88. The van der Waals surface area contributed by atoms with Gasteiger partial charge in [0.25, 0.3) is 5.91 Å². The minimum atomic E-state index is -4.58. The summed E-state index contributed by atoms with van der Waals surface area (Å²) < 4.78 is 41.0. The smallest absolute Gasteiger partial charge is 0.543 e. The van der Waals surface area contributed by atoms with Crippen LogP contribution in [0.4, 0.5) is 13.2 Å². The Balaban J connectivity index is 0.00000364. The maximum Gasteiger partial charge on any atom is 1.00 e. The number of carbonyl (C=O) groups is 4. The maximum absolute atomic E-state index is 12.2. The van der Waals surface area contributed by atoms with E-state index in [4.69, 9.17) is 4.74 Å². The number of rotatable bonds is 6. The molecule has 0 bridgehead atoms. The van der Waals surface area contributed by atoms with E-state index >= 15 is 0 Å². The van der Waals surface area contributed by atoms with E-state index in [1.807, 2.05) is 0 Å². The summed E-state index contributed by atoms with van der Waals surface area (Å²) in [4.78, 5) is 46.8. The van der Waals surface area contributed by atoms with Crippen LogP contribution in [0.5, 0.6) is 0 Å². The molecule has 0 aromatic heterocycles. The van der Waals surface area contributed by atoms with E-state index in [0.29, 0.717) is 0 Å². The molecule has 0 aliphatic carbocycles. The number of fused-ring (bicyclic) bond motifs is 1. The first-order valence-electron chi connectivity index (χ1n) is 7.02. The van der Waals surface area contributed by atoms with Crippen molar-refractivity contribution in [2.45, 2.75) is 23.8 Å². The molecular formula is C13H12F3N2NaO6S2. The van der Waals surface area contributed by atoms with Crippen LogP contribution < -0.4 is 40.0 Å². The van der Waals surface area contributed by atoms with Crippen molar-refractivity contribution < 1.29 is 71.8 Å². The molecule has 2 aliphatic rings. The molecule has 0 unspecified atom stereocenters. The van der Waals surface area contributed by atoms with Crippen LogP contribution in [0.1, 0.15) is 6.92 Å². The summed E-state index contributed by atoms with van der Waals surface area (Å²) in [7, 11) is 0. The van der Waals surface area contributed by atoms with Gasteiger partial charge in [0.1, 0.15) is 18.0 Å². The molecule has 2 atom stereocenters. The Hall–Kier alpha value is -0.890. The van der Waals surface area contributed by atoms with Gasteiger partial charge in [-0.1, -0.05) is 0 Å². The number of amides is 2. The third-order valence-electron chi connectivity index (χ3n) is 3.37. The quantitative estimate of drug-likeness (QED) is 0.256. The molecule has 0 aromatic carbocycles. The molecule has 1 saturated heterocycles. The number of thioether (sulfide) groups is 2. The standard InChI is InChI=1S/C13H13F3N2O6S2.Na/c1-5(19)24-2-6-3-25-11-8(10(21)18(11)9(6)12(22)23)17-7(20)4-26-13(14,15)16;/h8,11H,2-4H2,1H3,(H,17,20)(H,22,23);/q;+1/p-1/t8-,11-;/m1./s1. The molecule has 27 heavy (non-hydrogen) atoms. The topological polar surface area (TPSA) is 116 Å². The molecule has 2 rings (SSSR count). The second-order valence-corrected chi connectivity index (χ2v) is 7.35. The van der Waals surface area contributed by atoms with Gasteiger partial charge in [0.15, 0.2) is 0 Å². The Bertz CT molecular complexity index is 687. The summed E-state index contributed by atoms with van der Waals surface area (Å²) in [6, 6.07) is -1.13. The molecule has 0 spiro atoms. The first kappa shape index (κ1) is 24.1. The van der Waals surface area contributed by atoms with Crippen molar-refractivity contribution in [1.82, 2.24) is 10.2 Å². The molecule has 144 valence electrons. The zero-order chi connectivity index (χ0) is 19.6. The van der Waals surface area contributed by atoms with Crippen LogP contribution >= 0.6 is 23.5 Å². The van der Waals surface area contributed by atoms with Crippen LogP contribution in [0.15, 0.2) is 11.3 Å². The first-order valence-corrected chi connectivity index (χ1v) is 9.06. The van der Waals surface area contributed by atoms with Crippen LogP contribution in [0.2, 0.25) is 0 Å². The second-order valence-electron chi connectivity index (χ2n) is 5.21. The summed E-state index contributed by atoms with van der Waals surface area (Å²) >= 11 is 0.551. The van der Waals surface area contributed by atoms with E-state index in [1.54, 1.807) is 0 Å². The van der Waals surface area contributed by atoms with Crippen molar-refractivity contribution in [2.24, 2.45) is 0 Å². The van der Waals surface area contributed by atoms with Gasteiger partial charge in [-0.2, -0.15) is 13.2 Å². The van der Waals surface area contributed by atoms with Gasteiger partial charge in [0, 0.05) is 18.2 Å². The number of nitrogens with zero attached hydrogens (tertiary/aromatic N) is 1. The number of esters is 1. The molecule has 8 nitrogen and oxygen atoms in total. The summed E-state index contributed by atoms with van der Waals surface area (Å²) in [6.45, 7) is 0.804. The Morgan fingerprint density at radius 1 is 1.41 bits per heavy atom. The summed E-state index contributed by atoms with van der Waals surface area (Å²) in [5, 5.41) is 12.7. The fourth-order valence-electron chi connectivity index (χ4n) is 2.33. The van der Waals surface area contributed by atoms with Crippen molar-refractivity contribution in [1.29, 1.82) is 0 Å². The molecule has 2 heterocycles. The summed E-state index contributed by atoms with van der Waals surface area (Å²) in [5.41, 5.74) is -4.87. The Labute approximate surface area is 181 Å². The molecule has 2 amide bonds. The zero-order valence-corrected chi connectivity index (χ0v) is 17.8. The normalized spacial score (nSPS) is 21.6. The van der Waals surface area contributed by atoms with Crippen LogP contribution in [0.3, 0.4) is 0 Å². The third-order valence-corrected chi connectivity index (χ3v) is 5.45. The minimum absolute atomic E-state index is 0. The number of β-lactam (4-membered cyclic amide) rings is 1. The van der Waals surface area contributed by atoms with Crippen molar-refractivity contribution in [3.05, 3.63) is 11.3 Å². The zero-order valence-electron chi connectivity index (χ0n) is 14.1. The van der Waals surface area contributed by atoms with E-state index in [2.05, 4.69) is 5.32 Å². The number of carboxylic acid groups (broad SMARTS) is 1. The number of hydrogen-bond donors (Lipinski definition) is 1. The molecule has 0 saturated carbocycles. The number of nitrogens with one attached hydrogen (secondary N) is 1. The Morgan fingerprint density at radius 3 is 2.56 bits per heavy atom. The van der Waals surface area contributed by atoms with E-state index < -0.39 is 63.9 Å². The minimum Gasteiger partial charge on any atom is -0.543 e. The van der Waals surface area contributed by atoms with E-state index in [9.17, 15) is 37.5 Å². The van der Waals surface area contributed by atoms with Crippen LogP contribution in [-0.4, -0.2) is 63.7 Å². The predicted octanol–water partition coefficient (Wildman–Crippen LogP) is -3.79. The number of carboxylic acids is 1. The third kappa shape index (κ3) is 6.04. The van der Waals surface area contributed by atoms with Gasteiger partial charge in [-0.25, -0.2) is 0 Å². The average Bonchev–Trinajstić information content (AvgIpc) is 2.54. The van der Waals surface area contributed by atoms with Gasteiger partial charge in [0.2, 0.25) is 5.91 Å². The van der Waals surface area contributed by atoms with Gasteiger partial charge in [-0.15, -0.1) is 11.8 Å². The summed E-state index contributed by atoms with van der Waals surface area (Å²) in [6.07, 6.45) is 0. The fourth-order valence-corrected chi connectivity index (χ4v) is 4.04. The van der Waals surface area contributed by atoms with Crippen molar-refractivity contribution in [2.75, 3.05) is 18.1 Å². The average molecular weight is 436 g/mol. The molecule has 0 aromatic rings. The van der Waals surface area contributed by atoms with Crippen LogP contribution in [0.25, 0.3) is 0 Å². The number of ether oxygens (including phenoxy) is 1. The molecule has 0 radical (unpaired) electrons. The number of aliphatic carboxylic acids is 1. The van der Waals surface area contributed by atoms with Crippen molar-refractivity contribution in [3.8, 4) is 0 Å². The van der Waals surface area contributed by atoms with E-state index in [-0.39, 0.29) is 47.5 Å². The van der Waals surface area contributed by atoms with Gasteiger partial charge in [0.05, 0.1) is 17.4 Å². The maximum atomic E-state index is 12.2. The van der Waals surface area contributed by atoms with Crippen molar-refractivity contribution in [3.63, 3.8) is 0 Å². The number of carbonyl (C=O) groups excluding carboxylic acids is 4. The van der Waals surface area contributed by atoms with Crippen molar-refractivity contribution >= 4 is 47.3 Å². The van der Waals surface area contributed by atoms with E-state index in [0.717, 1.165) is 23.6 Å². The van der Waals surface area contributed by atoms with Gasteiger partial charge in [-0.05, 0) is 11.8 Å². The Kier molecular flexibility index (Phi) is 8.53. The molecule has 14 heteroatoms. The predicted molar refractivity (Wildman–Crippen MR) is 82.2 cm³/mol. The molecule has 2 aliphatic heterocycles. The molecule has 1 N–H and O–H groups in total. The fraction of sp³-hybridized carbons (Fsp3) is 0.538. The monoisotopic (exact) mass is 436 g/mol. The molecular weight excluding hydrogens is 424 g/mol. The first-order chi connectivity index (χ1) is 12.0. The second kappa shape index (κ2) is 9.54. The number of halogens is 3. The largest absolute Gasteiger partial charge is 1.00 e. The van der Waals surface area contributed by atoms with Gasteiger partial charge < -0.3 is 20.0 Å². The molecule has 1 fully saturated rings. The van der Waals surface area contributed by atoms with Crippen LogP contribution in [-0.2, 0) is 23.9 Å². The van der Waals surface area contributed by atoms with Crippen LogP contribution in [0, 0.1) is 0 Å². The van der Waals surface area contributed by atoms with Gasteiger partial charge in [-0.3, -0.25) is 19.3 Å².